The van der Waals surface area contributed by atoms with Gasteiger partial charge in [0.1, 0.15) is 5.75 Å². The predicted molar refractivity (Wildman–Crippen MR) is 185 cm³/mol. The van der Waals surface area contributed by atoms with Crippen molar-refractivity contribution >= 4 is 11.5 Å². The molecule has 2 unspecified atom stereocenters. The van der Waals surface area contributed by atoms with Gasteiger partial charge in [-0.3, -0.25) is 4.99 Å². The number of amidine groups is 1. The van der Waals surface area contributed by atoms with E-state index in [1.54, 1.807) is 0 Å². The molecule has 0 amide bonds. The fourth-order valence-electron chi connectivity index (χ4n) is 8.04. The van der Waals surface area contributed by atoms with Gasteiger partial charge >= 0.3 is 0 Å². The van der Waals surface area contributed by atoms with Crippen LogP contribution in [0.15, 0.2) is 53.0 Å². The van der Waals surface area contributed by atoms with Gasteiger partial charge in [0.2, 0.25) is 5.76 Å². The van der Waals surface area contributed by atoms with E-state index in [9.17, 15) is 0 Å². The van der Waals surface area contributed by atoms with E-state index < -0.39 is 0 Å². The van der Waals surface area contributed by atoms with E-state index in [1.165, 1.54) is 59.4 Å². The Morgan fingerprint density at radius 1 is 0.682 bits per heavy atom. The molecular weight excluding hydrogens is 540 g/mol. The van der Waals surface area contributed by atoms with Crippen LogP contribution in [0.1, 0.15) is 127 Å². The largest absolute Gasteiger partial charge is 0.449 e. The fourth-order valence-corrected chi connectivity index (χ4v) is 8.04. The Labute approximate surface area is 267 Å². The van der Waals surface area contributed by atoms with E-state index in [1.807, 2.05) is 0 Å². The number of rotatable bonds is 8. The van der Waals surface area contributed by atoms with Gasteiger partial charge in [0.15, 0.2) is 11.7 Å². The molecule has 2 aromatic rings. The predicted octanol–water partition coefficient (Wildman–Crippen LogP) is 9.08. The zero-order chi connectivity index (χ0) is 31.1. The fraction of sp³-hybridized carbons (Fsp3) is 0.615. The second-order valence-electron chi connectivity index (χ2n) is 15.1. The van der Waals surface area contributed by atoms with E-state index >= 15 is 0 Å². The maximum Gasteiger partial charge on any atom is 0.210 e. The summed E-state index contributed by atoms with van der Waals surface area (Å²) >= 11 is 0. The Hall–Kier alpha value is -2.95. The van der Waals surface area contributed by atoms with Crippen molar-refractivity contribution in [2.45, 2.75) is 105 Å². The number of para-hydroxylation sites is 2. The van der Waals surface area contributed by atoms with Crippen molar-refractivity contribution in [1.29, 1.82) is 0 Å². The minimum Gasteiger partial charge on any atom is -0.449 e. The van der Waals surface area contributed by atoms with Crippen molar-refractivity contribution < 1.29 is 4.74 Å². The molecule has 0 aromatic heterocycles. The van der Waals surface area contributed by atoms with Crippen LogP contribution in [0.2, 0.25) is 0 Å². The molecule has 4 heterocycles. The highest BCUT2D eigenvalue weighted by Gasteiger charge is 2.41. The van der Waals surface area contributed by atoms with Gasteiger partial charge in [-0.1, -0.05) is 91.8 Å². The highest BCUT2D eigenvalue weighted by atomic mass is 16.5. The van der Waals surface area contributed by atoms with E-state index in [4.69, 9.17) is 9.73 Å². The van der Waals surface area contributed by atoms with Crippen LogP contribution in [0, 0.1) is 11.8 Å². The summed E-state index contributed by atoms with van der Waals surface area (Å²) in [6.45, 7) is 24.8. The van der Waals surface area contributed by atoms with Crippen molar-refractivity contribution in [2.24, 2.45) is 16.8 Å². The topological polar surface area (TPSA) is 31.3 Å². The van der Waals surface area contributed by atoms with E-state index in [-0.39, 0.29) is 0 Å². The summed E-state index contributed by atoms with van der Waals surface area (Å²) < 4.78 is 7.54. The molecule has 4 bridgehead atoms. The first-order valence-corrected chi connectivity index (χ1v) is 17.6. The molecule has 0 aliphatic carbocycles. The van der Waals surface area contributed by atoms with Gasteiger partial charge in [-0.2, -0.15) is 0 Å². The van der Waals surface area contributed by atoms with Gasteiger partial charge < -0.3 is 19.4 Å². The van der Waals surface area contributed by atoms with Crippen LogP contribution in [-0.2, 0) is 0 Å². The van der Waals surface area contributed by atoms with Gasteiger partial charge in [0.05, 0.1) is 0 Å². The van der Waals surface area contributed by atoms with Crippen molar-refractivity contribution in [2.75, 3.05) is 44.2 Å². The minimum atomic E-state index is 0.360. The molecule has 0 radical (unpaired) electrons. The number of fused-ring (bicyclic) bond motifs is 4. The molecule has 4 aliphatic rings. The molecule has 0 N–H and O–H groups in total. The Balaban J connectivity index is 1.64. The van der Waals surface area contributed by atoms with Crippen molar-refractivity contribution in [3.63, 3.8) is 0 Å². The zero-order valence-corrected chi connectivity index (χ0v) is 28.7. The van der Waals surface area contributed by atoms with E-state index in [2.05, 4.69) is 106 Å². The van der Waals surface area contributed by atoms with Crippen LogP contribution in [0.3, 0.4) is 0 Å². The van der Waals surface area contributed by atoms with Crippen molar-refractivity contribution in [3.8, 4) is 5.75 Å². The molecule has 2 atom stereocenters. The third kappa shape index (κ3) is 5.88. The summed E-state index contributed by atoms with van der Waals surface area (Å²) in [5.74, 6) is 7.22. The molecule has 3 saturated heterocycles. The SMILES string of the molecule is CC(C)c1cccc(C(C)C)c1O/C(C1=NCC2CCCN1C2)=C1\N2CCCC(C2)CN1c1c(C(C)C)cccc1C(C)C. The second-order valence-corrected chi connectivity index (χ2v) is 15.1. The first-order chi connectivity index (χ1) is 21.1. The highest BCUT2D eigenvalue weighted by Crippen LogP contribution is 2.44. The quantitative estimate of drug-likeness (QED) is 0.285. The molecule has 4 aliphatic heterocycles. The van der Waals surface area contributed by atoms with Crippen molar-refractivity contribution in [1.82, 2.24) is 9.80 Å². The third-order valence-corrected chi connectivity index (χ3v) is 10.4. The molecule has 5 heteroatoms. The van der Waals surface area contributed by atoms with E-state index in [0.717, 1.165) is 56.6 Å². The monoisotopic (exact) mass is 596 g/mol. The van der Waals surface area contributed by atoms with Gasteiger partial charge in [-0.15, -0.1) is 0 Å². The Morgan fingerprint density at radius 3 is 1.80 bits per heavy atom. The maximum absolute atomic E-state index is 7.54. The van der Waals surface area contributed by atoms with Gasteiger partial charge in [0.25, 0.3) is 0 Å². The third-order valence-electron chi connectivity index (χ3n) is 10.4. The van der Waals surface area contributed by atoms with Crippen LogP contribution < -0.4 is 9.64 Å². The summed E-state index contributed by atoms with van der Waals surface area (Å²) in [6, 6.07) is 13.8. The number of hydrogen-bond donors (Lipinski definition) is 0. The second kappa shape index (κ2) is 12.8. The van der Waals surface area contributed by atoms with Crippen LogP contribution >= 0.6 is 0 Å². The smallest absolute Gasteiger partial charge is 0.210 e. The number of nitrogens with zero attached hydrogens (tertiary/aromatic N) is 4. The average Bonchev–Trinajstić information content (AvgIpc) is 3.00. The van der Waals surface area contributed by atoms with E-state index in [0.29, 0.717) is 35.5 Å². The molecule has 44 heavy (non-hydrogen) atoms. The Kier molecular flexibility index (Phi) is 9.04. The molecular formula is C39H56N4O. The van der Waals surface area contributed by atoms with Crippen LogP contribution in [0.4, 0.5) is 5.69 Å². The average molecular weight is 597 g/mol. The molecule has 0 saturated carbocycles. The lowest BCUT2D eigenvalue weighted by atomic mass is 9.88. The van der Waals surface area contributed by atoms with Crippen LogP contribution in [0.5, 0.6) is 5.75 Å². The normalized spacial score (nSPS) is 23.2. The number of piperidine rings is 2. The number of ether oxygens (including phenoxy) is 1. The molecule has 6 rings (SSSR count). The molecule has 0 spiro atoms. The summed E-state index contributed by atoms with van der Waals surface area (Å²) in [5.41, 5.74) is 6.84. The molecule has 238 valence electrons. The summed E-state index contributed by atoms with van der Waals surface area (Å²) in [6.07, 6.45) is 5.04. The lowest BCUT2D eigenvalue weighted by molar-refractivity contribution is 0.172. The summed E-state index contributed by atoms with van der Waals surface area (Å²) in [5, 5.41) is 0. The number of anilines is 1. The number of aliphatic imine (C=N–C) groups is 1. The van der Waals surface area contributed by atoms with Gasteiger partial charge in [-0.25, -0.2) is 0 Å². The zero-order valence-electron chi connectivity index (χ0n) is 28.7. The lowest BCUT2D eigenvalue weighted by Gasteiger charge is -2.50. The minimum absolute atomic E-state index is 0.360. The Morgan fingerprint density at radius 2 is 1.20 bits per heavy atom. The van der Waals surface area contributed by atoms with Gasteiger partial charge in [0, 0.05) is 45.0 Å². The Bertz CT molecular complexity index is 1350. The summed E-state index contributed by atoms with van der Waals surface area (Å²) in [7, 11) is 0. The number of hydrogen-bond acceptors (Lipinski definition) is 5. The van der Waals surface area contributed by atoms with Crippen molar-refractivity contribution in [3.05, 3.63) is 70.2 Å². The standard InChI is InChI=1S/C39H56N4O/c1-25(2)31-15-9-16-32(26(3)4)35(31)43-24-30-14-12-20-42(23-30)39(43)37(38-40-21-29-13-11-19-41(38)22-29)44-36-33(27(5)6)17-10-18-34(36)28(7)8/h9-10,15-18,25-30H,11-14,19-24H2,1-8H3/b39-37+. The van der Waals surface area contributed by atoms with Gasteiger partial charge in [-0.05, 0) is 83.4 Å². The molecule has 3 fully saturated rings. The lowest BCUT2D eigenvalue weighted by Crippen LogP contribution is -2.54. The van der Waals surface area contributed by atoms with Crippen LogP contribution in [0.25, 0.3) is 0 Å². The first-order valence-electron chi connectivity index (χ1n) is 17.6. The van der Waals surface area contributed by atoms with Crippen LogP contribution in [-0.4, -0.2) is 54.9 Å². The molecule has 5 nitrogen and oxygen atoms in total. The molecule has 2 aromatic carbocycles. The maximum atomic E-state index is 7.54. The first kappa shape index (κ1) is 31.0. The number of benzene rings is 2. The summed E-state index contributed by atoms with van der Waals surface area (Å²) in [4.78, 5) is 13.3. The highest BCUT2D eigenvalue weighted by molar-refractivity contribution is 5.99.